The van der Waals surface area contributed by atoms with Crippen LogP contribution in [-0.4, -0.2) is 0 Å². The molecule has 0 aliphatic heterocycles. The molecule has 0 N–H and O–H groups in total. The molecule has 1 aliphatic carbocycles. The van der Waals surface area contributed by atoms with Gasteiger partial charge in [-0.2, -0.15) is 0 Å². The highest BCUT2D eigenvalue weighted by molar-refractivity contribution is 6.13. The Morgan fingerprint density at radius 2 is 1.06 bits per heavy atom. The van der Waals surface area contributed by atoms with Gasteiger partial charge in [-0.25, -0.2) is 0 Å². The van der Waals surface area contributed by atoms with Crippen LogP contribution in [0.1, 0.15) is 11.1 Å². The Morgan fingerprint density at radius 3 is 1.84 bits per heavy atom. The van der Waals surface area contributed by atoms with Crippen LogP contribution in [0.15, 0.2) is 114 Å². The van der Waals surface area contributed by atoms with Gasteiger partial charge in [0.05, 0.1) is 0 Å². The van der Waals surface area contributed by atoms with Crippen molar-refractivity contribution in [1.82, 2.24) is 0 Å². The summed E-state index contributed by atoms with van der Waals surface area (Å²) in [6.07, 6.45) is 0.994. The Labute approximate surface area is 186 Å². The van der Waals surface area contributed by atoms with Crippen LogP contribution in [0.25, 0.3) is 55.3 Å². The van der Waals surface area contributed by atoms with Crippen LogP contribution in [0.5, 0.6) is 0 Å². The molecule has 150 valence electrons. The maximum Gasteiger partial charge on any atom is 0.143 e. The van der Waals surface area contributed by atoms with E-state index < -0.39 is 0 Å². The lowest BCUT2D eigenvalue weighted by Crippen LogP contribution is -1.84. The fourth-order valence-corrected chi connectivity index (χ4v) is 5.21. The molecule has 1 heteroatoms. The van der Waals surface area contributed by atoms with E-state index in [2.05, 4.69) is 103 Å². The molecule has 1 heterocycles. The second-order valence-electron chi connectivity index (χ2n) is 8.54. The van der Waals surface area contributed by atoms with Crippen molar-refractivity contribution in [2.24, 2.45) is 0 Å². The van der Waals surface area contributed by atoms with Gasteiger partial charge in [0.2, 0.25) is 0 Å². The lowest BCUT2D eigenvalue weighted by atomic mass is 9.97. The average molecular weight is 409 g/mol. The number of hydrogen-bond donors (Lipinski definition) is 0. The maximum atomic E-state index is 6.60. The molecule has 1 nitrogen and oxygen atoms in total. The fourth-order valence-electron chi connectivity index (χ4n) is 5.21. The van der Waals surface area contributed by atoms with Gasteiger partial charge < -0.3 is 4.42 Å². The summed E-state index contributed by atoms with van der Waals surface area (Å²) in [5.74, 6) is 0. The predicted octanol–water partition coefficient (Wildman–Crippen LogP) is 8.49. The quantitative estimate of drug-likeness (QED) is 0.279. The van der Waals surface area contributed by atoms with Crippen molar-refractivity contribution in [2.75, 3.05) is 0 Å². The highest BCUT2D eigenvalue weighted by atomic mass is 16.3. The largest absolute Gasteiger partial charge is 0.455 e. The summed E-state index contributed by atoms with van der Waals surface area (Å²) < 4.78 is 6.60. The predicted molar refractivity (Wildman–Crippen MR) is 133 cm³/mol. The number of para-hydroxylation sites is 2. The first kappa shape index (κ1) is 17.6. The van der Waals surface area contributed by atoms with E-state index in [-0.39, 0.29) is 0 Å². The first-order chi connectivity index (χ1) is 15.9. The van der Waals surface area contributed by atoms with Gasteiger partial charge >= 0.3 is 0 Å². The van der Waals surface area contributed by atoms with Gasteiger partial charge in [0, 0.05) is 21.9 Å². The third kappa shape index (κ3) is 2.52. The van der Waals surface area contributed by atoms with E-state index in [0.717, 1.165) is 34.1 Å². The molecule has 0 bridgehead atoms. The fraction of sp³-hybridized carbons (Fsp3) is 0.0323. The molecule has 0 saturated heterocycles. The molecule has 0 amide bonds. The summed E-state index contributed by atoms with van der Waals surface area (Å²) in [6.45, 7) is 0. The highest BCUT2D eigenvalue weighted by Gasteiger charge is 2.20. The highest BCUT2D eigenvalue weighted by Crippen LogP contribution is 2.42. The summed E-state index contributed by atoms with van der Waals surface area (Å²) in [5.41, 5.74) is 12.1. The van der Waals surface area contributed by atoms with Gasteiger partial charge in [-0.3, -0.25) is 0 Å². The summed E-state index contributed by atoms with van der Waals surface area (Å²) >= 11 is 0. The van der Waals surface area contributed by atoms with Gasteiger partial charge in [0.15, 0.2) is 0 Å². The normalized spacial score (nSPS) is 12.2. The van der Waals surface area contributed by atoms with Crippen molar-refractivity contribution in [3.05, 3.63) is 120 Å². The molecule has 32 heavy (non-hydrogen) atoms. The second kappa shape index (κ2) is 6.70. The lowest BCUT2D eigenvalue weighted by molar-refractivity contribution is 0.671. The standard InChI is InChI=1S/C31H20O/c1-2-8-20(9-3-1)26-12-6-14-28-29-15-7-13-27(31(29)32-30(26)28)22-16-17-25-23(19-22)18-21-10-4-5-11-24(21)25/h1-17,19H,18H2. The zero-order valence-corrected chi connectivity index (χ0v) is 17.5. The molecule has 0 atom stereocenters. The minimum absolute atomic E-state index is 0.953. The van der Waals surface area contributed by atoms with E-state index >= 15 is 0 Å². The monoisotopic (exact) mass is 408 g/mol. The van der Waals surface area contributed by atoms with E-state index in [1.165, 1.54) is 38.8 Å². The molecule has 0 unspecified atom stereocenters. The topological polar surface area (TPSA) is 13.1 Å². The van der Waals surface area contributed by atoms with Crippen molar-refractivity contribution in [3.8, 4) is 33.4 Å². The lowest BCUT2D eigenvalue weighted by Gasteiger charge is -2.06. The zero-order chi connectivity index (χ0) is 21.1. The van der Waals surface area contributed by atoms with Crippen molar-refractivity contribution in [1.29, 1.82) is 0 Å². The molecule has 1 aromatic heterocycles. The Kier molecular flexibility index (Phi) is 3.68. The van der Waals surface area contributed by atoms with E-state index in [4.69, 9.17) is 4.42 Å². The Bertz CT molecular complexity index is 1640. The van der Waals surface area contributed by atoms with Crippen LogP contribution < -0.4 is 0 Å². The van der Waals surface area contributed by atoms with Gasteiger partial charge in [-0.1, -0.05) is 109 Å². The number of fused-ring (bicyclic) bond motifs is 6. The van der Waals surface area contributed by atoms with E-state index in [1.807, 2.05) is 6.07 Å². The van der Waals surface area contributed by atoms with Crippen LogP contribution in [0.3, 0.4) is 0 Å². The molecule has 6 aromatic rings. The van der Waals surface area contributed by atoms with Crippen LogP contribution in [-0.2, 0) is 6.42 Å². The summed E-state index contributed by atoms with van der Waals surface area (Å²) in [7, 11) is 0. The third-order valence-electron chi connectivity index (χ3n) is 6.71. The minimum atomic E-state index is 0.953. The van der Waals surface area contributed by atoms with Gasteiger partial charge in [-0.15, -0.1) is 0 Å². The molecule has 0 spiro atoms. The van der Waals surface area contributed by atoms with Gasteiger partial charge in [0.1, 0.15) is 11.2 Å². The molecule has 0 saturated carbocycles. The molecule has 5 aromatic carbocycles. The Morgan fingerprint density at radius 1 is 0.438 bits per heavy atom. The molecule has 0 radical (unpaired) electrons. The smallest absolute Gasteiger partial charge is 0.143 e. The van der Waals surface area contributed by atoms with Gasteiger partial charge in [-0.05, 0) is 39.8 Å². The van der Waals surface area contributed by atoms with Crippen LogP contribution in [0, 0.1) is 0 Å². The van der Waals surface area contributed by atoms with Crippen molar-refractivity contribution in [2.45, 2.75) is 6.42 Å². The molecule has 1 aliphatic rings. The number of hydrogen-bond acceptors (Lipinski definition) is 1. The molecule has 7 rings (SSSR count). The number of benzene rings is 5. The number of furan rings is 1. The van der Waals surface area contributed by atoms with E-state index in [0.29, 0.717) is 0 Å². The minimum Gasteiger partial charge on any atom is -0.455 e. The van der Waals surface area contributed by atoms with E-state index in [1.54, 1.807) is 0 Å². The molecular weight excluding hydrogens is 388 g/mol. The van der Waals surface area contributed by atoms with Crippen LogP contribution in [0.4, 0.5) is 0 Å². The molecule has 0 fully saturated rings. The number of rotatable bonds is 2. The average Bonchev–Trinajstić information content (AvgIpc) is 3.42. The summed E-state index contributed by atoms with van der Waals surface area (Å²) in [6, 6.07) is 39.0. The third-order valence-corrected chi connectivity index (χ3v) is 6.71. The van der Waals surface area contributed by atoms with Crippen LogP contribution >= 0.6 is 0 Å². The first-order valence-corrected chi connectivity index (χ1v) is 11.1. The van der Waals surface area contributed by atoms with E-state index in [9.17, 15) is 0 Å². The summed E-state index contributed by atoms with van der Waals surface area (Å²) in [4.78, 5) is 0. The Balaban J connectivity index is 1.43. The zero-order valence-electron chi connectivity index (χ0n) is 17.5. The maximum absolute atomic E-state index is 6.60. The van der Waals surface area contributed by atoms with Crippen molar-refractivity contribution in [3.63, 3.8) is 0 Å². The second-order valence-corrected chi connectivity index (χ2v) is 8.54. The molecular formula is C31H20O. The van der Waals surface area contributed by atoms with Crippen LogP contribution in [0.2, 0.25) is 0 Å². The van der Waals surface area contributed by atoms with Crippen molar-refractivity contribution < 1.29 is 4.42 Å². The Hall–Kier alpha value is -4.10. The van der Waals surface area contributed by atoms with Gasteiger partial charge in [0.25, 0.3) is 0 Å². The SMILES string of the molecule is c1ccc(-c2cccc3c2oc2c(-c4ccc5c(c4)Cc4ccccc4-5)cccc23)cc1. The van der Waals surface area contributed by atoms with Crippen molar-refractivity contribution >= 4 is 21.9 Å². The summed E-state index contributed by atoms with van der Waals surface area (Å²) in [5, 5.41) is 2.33. The first-order valence-electron chi connectivity index (χ1n) is 11.1.